The highest BCUT2D eigenvalue weighted by Gasteiger charge is 2.17. The van der Waals surface area contributed by atoms with E-state index in [2.05, 4.69) is 15.2 Å². The van der Waals surface area contributed by atoms with E-state index in [1.165, 1.54) is 0 Å². The molecule has 7 nitrogen and oxygen atoms in total. The highest BCUT2D eigenvalue weighted by molar-refractivity contribution is 5.95. The Balaban J connectivity index is 1.62. The third-order valence-corrected chi connectivity index (χ3v) is 4.59. The summed E-state index contributed by atoms with van der Waals surface area (Å²) in [4.78, 5) is 19.3. The Morgan fingerprint density at radius 3 is 2.81 bits per heavy atom. The van der Waals surface area contributed by atoms with Crippen LogP contribution in [0.25, 0.3) is 0 Å². The Hall–Kier alpha value is -2.64. The minimum Gasteiger partial charge on any atom is -0.497 e. The summed E-state index contributed by atoms with van der Waals surface area (Å²) in [7, 11) is 1.61. The molecule has 0 aliphatic carbocycles. The fourth-order valence-electron chi connectivity index (χ4n) is 3.02. The standard InChI is InChI=1S/C20H26N4O3/c1-14-18(6-7-19(22-14)24-8-10-27-11-9-24)23-20(25)17(21)13-15-4-3-5-16(12-15)26-2/h3-7,12,17H,8-11,13,21H2,1-2H3,(H,23,25). The van der Waals surface area contributed by atoms with Gasteiger partial charge in [-0.15, -0.1) is 0 Å². The predicted octanol–water partition coefficient (Wildman–Crippen LogP) is 1.74. The molecule has 0 saturated carbocycles. The number of benzene rings is 1. The van der Waals surface area contributed by atoms with E-state index in [-0.39, 0.29) is 5.91 Å². The van der Waals surface area contributed by atoms with E-state index in [1.54, 1.807) is 7.11 Å². The van der Waals surface area contributed by atoms with Crippen molar-refractivity contribution in [3.8, 4) is 5.75 Å². The number of rotatable bonds is 6. The molecule has 1 saturated heterocycles. The molecule has 27 heavy (non-hydrogen) atoms. The van der Waals surface area contributed by atoms with Crippen molar-refractivity contribution in [3.05, 3.63) is 47.7 Å². The Bertz CT molecular complexity index is 791. The molecular weight excluding hydrogens is 344 g/mol. The zero-order chi connectivity index (χ0) is 19.2. The van der Waals surface area contributed by atoms with Crippen LogP contribution in [-0.2, 0) is 16.0 Å². The monoisotopic (exact) mass is 370 g/mol. The summed E-state index contributed by atoms with van der Waals surface area (Å²) in [6.45, 7) is 4.94. The van der Waals surface area contributed by atoms with Gasteiger partial charge in [-0.1, -0.05) is 12.1 Å². The van der Waals surface area contributed by atoms with Gasteiger partial charge in [-0.05, 0) is 43.2 Å². The topological polar surface area (TPSA) is 89.7 Å². The molecule has 1 aromatic heterocycles. The Morgan fingerprint density at radius 1 is 1.33 bits per heavy atom. The Labute approximate surface area is 159 Å². The average molecular weight is 370 g/mol. The van der Waals surface area contributed by atoms with Crippen LogP contribution in [0.1, 0.15) is 11.3 Å². The lowest BCUT2D eigenvalue weighted by atomic mass is 10.1. The van der Waals surface area contributed by atoms with Crippen LogP contribution in [0.15, 0.2) is 36.4 Å². The largest absolute Gasteiger partial charge is 0.497 e. The van der Waals surface area contributed by atoms with E-state index in [4.69, 9.17) is 15.2 Å². The molecule has 2 heterocycles. The number of nitrogens with zero attached hydrogens (tertiary/aromatic N) is 2. The molecule has 1 aliphatic rings. The number of morpholine rings is 1. The van der Waals surface area contributed by atoms with Gasteiger partial charge in [0.1, 0.15) is 11.6 Å². The number of amides is 1. The summed E-state index contributed by atoms with van der Waals surface area (Å²) in [6.07, 6.45) is 0.432. The fraction of sp³-hybridized carbons (Fsp3) is 0.400. The first kappa shape index (κ1) is 19.1. The highest BCUT2D eigenvalue weighted by atomic mass is 16.5. The number of nitrogens with two attached hydrogens (primary N) is 1. The van der Waals surface area contributed by atoms with Crippen molar-refractivity contribution in [2.24, 2.45) is 5.73 Å². The second-order valence-electron chi connectivity index (χ2n) is 6.55. The molecule has 1 fully saturated rings. The van der Waals surface area contributed by atoms with Crippen LogP contribution in [0.5, 0.6) is 5.75 Å². The number of nitrogens with one attached hydrogen (secondary N) is 1. The van der Waals surface area contributed by atoms with Crippen LogP contribution < -0.4 is 20.7 Å². The quantitative estimate of drug-likeness (QED) is 0.805. The van der Waals surface area contributed by atoms with Gasteiger partial charge in [-0.2, -0.15) is 0 Å². The van der Waals surface area contributed by atoms with Gasteiger partial charge in [0.2, 0.25) is 5.91 Å². The third kappa shape index (κ3) is 4.96. The van der Waals surface area contributed by atoms with Gasteiger partial charge >= 0.3 is 0 Å². The minimum absolute atomic E-state index is 0.234. The number of methoxy groups -OCH3 is 1. The fourth-order valence-corrected chi connectivity index (χ4v) is 3.02. The summed E-state index contributed by atoms with van der Waals surface area (Å²) in [5.41, 5.74) is 8.49. The molecule has 1 aromatic carbocycles. The van der Waals surface area contributed by atoms with Crippen molar-refractivity contribution >= 4 is 17.4 Å². The van der Waals surface area contributed by atoms with Gasteiger partial charge in [0.25, 0.3) is 0 Å². The van der Waals surface area contributed by atoms with Gasteiger partial charge in [0.05, 0.1) is 37.7 Å². The Morgan fingerprint density at radius 2 is 2.11 bits per heavy atom. The zero-order valence-electron chi connectivity index (χ0n) is 15.8. The first-order chi connectivity index (χ1) is 13.1. The second-order valence-corrected chi connectivity index (χ2v) is 6.55. The van der Waals surface area contributed by atoms with Crippen LogP contribution in [-0.4, -0.2) is 50.3 Å². The zero-order valence-corrected chi connectivity index (χ0v) is 15.8. The second kappa shape index (κ2) is 8.83. The maximum absolute atomic E-state index is 12.5. The number of anilines is 2. The first-order valence-electron chi connectivity index (χ1n) is 9.06. The number of aromatic nitrogens is 1. The number of carbonyl (C=O) groups excluding carboxylic acids is 1. The van der Waals surface area contributed by atoms with E-state index in [0.29, 0.717) is 25.3 Å². The van der Waals surface area contributed by atoms with Crippen molar-refractivity contribution in [1.82, 2.24) is 4.98 Å². The maximum Gasteiger partial charge on any atom is 0.241 e. The molecule has 7 heteroatoms. The summed E-state index contributed by atoms with van der Waals surface area (Å²) in [6, 6.07) is 10.7. The summed E-state index contributed by atoms with van der Waals surface area (Å²) in [5, 5.41) is 2.89. The SMILES string of the molecule is COc1cccc(CC(N)C(=O)Nc2ccc(N3CCOCC3)nc2C)c1. The number of ether oxygens (including phenoxy) is 2. The van der Waals surface area contributed by atoms with Crippen LogP contribution in [0.3, 0.4) is 0 Å². The normalized spacial score (nSPS) is 15.3. The van der Waals surface area contributed by atoms with Crippen molar-refractivity contribution < 1.29 is 14.3 Å². The molecule has 1 unspecified atom stereocenters. The summed E-state index contributed by atoms with van der Waals surface area (Å²) in [5.74, 6) is 1.41. The first-order valence-corrected chi connectivity index (χ1v) is 9.06. The lowest BCUT2D eigenvalue weighted by Crippen LogP contribution is -2.38. The molecule has 144 valence electrons. The highest BCUT2D eigenvalue weighted by Crippen LogP contribution is 2.20. The van der Waals surface area contributed by atoms with Crippen molar-refractivity contribution in [2.75, 3.05) is 43.6 Å². The molecule has 2 aromatic rings. The average Bonchev–Trinajstić information content (AvgIpc) is 2.70. The molecule has 1 aliphatic heterocycles. The lowest BCUT2D eigenvalue weighted by molar-refractivity contribution is -0.117. The molecular formula is C20H26N4O3. The van der Waals surface area contributed by atoms with Crippen LogP contribution in [0.4, 0.5) is 11.5 Å². The van der Waals surface area contributed by atoms with Gasteiger partial charge in [0, 0.05) is 13.1 Å². The van der Waals surface area contributed by atoms with Crippen molar-refractivity contribution in [3.63, 3.8) is 0 Å². The predicted molar refractivity (Wildman–Crippen MR) is 105 cm³/mol. The minimum atomic E-state index is -0.657. The van der Waals surface area contributed by atoms with E-state index >= 15 is 0 Å². The number of carbonyl (C=O) groups is 1. The van der Waals surface area contributed by atoms with Crippen LogP contribution in [0.2, 0.25) is 0 Å². The third-order valence-electron chi connectivity index (χ3n) is 4.59. The van der Waals surface area contributed by atoms with E-state index in [1.807, 2.05) is 43.3 Å². The van der Waals surface area contributed by atoms with E-state index in [0.717, 1.165) is 35.9 Å². The van der Waals surface area contributed by atoms with Crippen molar-refractivity contribution in [1.29, 1.82) is 0 Å². The number of pyridine rings is 1. The smallest absolute Gasteiger partial charge is 0.241 e. The van der Waals surface area contributed by atoms with Crippen molar-refractivity contribution in [2.45, 2.75) is 19.4 Å². The number of hydrogen-bond donors (Lipinski definition) is 2. The molecule has 3 rings (SSSR count). The summed E-state index contributed by atoms with van der Waals surface area (Å²) < 4.78 is 10.6. The lowest BCUT2D eigenvalue weighted by Gasteiger charge is -2.28. The maximum atomic E-state index is 12.5. The van der Waals surface area contributed by atoms with Gasteiger partial charge in [0.15, 0.2) is 0 Å². The molecule has 0 bridgehead atoms. The molecule has 1 amide bonds. The number of aryl methyl sites for hydroxylation is 1. The van der Waals surface area contributed by atoms with E-state index < -0.39 is 6.04 Å². The number of hydrogen-bond acceptors (Lipinski definition) is 6. The molecule has 0 spiro atoms. The van der Waals surface area contributed by atoms with Gasteiger partial charge in [-0.3, -0.25) is 4.79 Å². The molecule has 3 N–H and O–H groups in total. The Kier molecular flexibility index (Phi) is 6.26. The molecule has 1 atom stereocenters. The van der Waals surface area contributed by atoms with Crippen LogP contribution >= 0.6 is 0 Å². The van der Waals surface area contributed by atoms with Gasteiger partial charge in [-0.25, -0.2) is 4.98 Å². The van der Waals surface area contributed by atoms with E-state index in [9.17, 15) is 4.79 Å². The van der Waals surface area contributed by atoms with Crippen LogP contribution in [0, 0.1) is 6.92 Å². The van der Waals surface area contributed by atoms with Gasteiger partial charge < -0.3 is 25.4 Å². The summed E-state index contributed by atoms with van der Waals surface area (Å²) >= 11 is 0. The molecule has 0 radical (unpaired) electrons.